The van der Waals surface area contributed by atoms with E-state index in [1.807, 2.05) is 30.3 Å². The van der Waals surface area contributed by atoms with Crippen LogP contribution in [0.5, 0.6) is 0 Å². The van der Waals surface area contributed by atoms with E-state index >= 15 is 0 Å². The molecule has 1 fully saturated rings. The zero-order valence-corrected chi connectivity index (χ0v) is 9.26. The summed E-state index contributed by atoms with van der Waals surface area (Å²) in [5.74, 6) is -2.49. The molecule has 16 heavy (non-hydrogen) atoms. The molecular formula is C13H17F2N. The van der Waals surface area contributed by atoms with Gasteiger partial charge in [0.2, 0.25) is 5.92 Å². The lowest BCUT2D eigenvalue weighted by Crippen LogP contribution is -2.42. The lowest BCUT2D eigenvalue weighted by Gasteiger charge is -2.39. The standard InChI is InChI=1S/C13H17F2N/c14-13(15)8-6-12(10-16,7-9-13)11-4-2-1-3-5-11/h1-5H,6-10,16H2. The van der Waals surface area contributed by atoms with Gasteiger partial charge in [-0.05, 0) is 18.4 Å². The van der Waals surface area contributed by atoms with E-state index in [1.54, 1.807) is 0 Å². The van der Waals surface area contributed by atoms with Crippen molar-refractivity contribution < 1.29 is 8.78 Å². The Morgan fingerprint density at radius 2 is 1.56 bits per heavy atom. The minimum atomic E-state index is -2.49. The van der Waals surface area contributed by atoms with Gasteiger partial charge in [-0.25, -0.2) is 8.78 Å². The van der Waals surface area contributed by atoms with Crippen molar-refractivity contribution in [3.63, 3.8) is 0 Å². The third-order valence-electron chi connectivity index (χ3n) is 3.72. The second-order valence-electron chi connectivity index (χ2n) is 4.71. The summed E-state index contributed by atoms with van der Waals surface area (Å²) in [4.78, 5) is 0. The highest BCUT2D eigenvalue weighted by atomic mass is 19.3. The number of hydrogen-bond donors (Lipinski definition) is 1. The fraction of sp³-hybridized carbons (Fsp3) is 0.538. The van der Waals surface area contributed by atoms with Gasteiger partial charge in [-0.1, -0.05) is 30.3 Å². The van der Waals surface area contributed by atoms with Crippen LogP contribution in [0, 0.1) is 0 Å². The average molecular weight is 225 g/mol. The molecule has 0 saturated heterocycles. The van der Waals surface area contributed by atoms with Gasteiger partial charge in [0.25, 0.3) is 0 Å². The van der Waals surface area contributed by atoms with E-state index in [0.717, 1.165) is 5.56 Å². The molecule has 0 atom stereocenters. The Kier molecular flexibility index (Phi) is 2.98. The van der Waals surface area contributed by atoms with E-state index in [9.17, 15) is 8.78 Å². The molecule has 0 bridgehead atoms. The molecule has 1 aliphatic carbocycles. The molecule has 0 aliphatic heterocycles. The molecule has 2 N–H and O–H groups in total. The highest BCUT2D eigenvalue weighted by Gasteiger charge is 2.43. The van der Waals surface area contributed by atoms with Gasteiger partial charge < -0.3 is 5.73 Å². The van der Waals surface area contributed by atoms with Gasteiger partial charge in [-0.15, -0.1) is 0 Å². The van der Waals surface area contributed by atoms with Gasteiger partial charge in [0.05, 0.1) is 0 Å². The maximum atomic E-state index is 13.2. The fourth-order valence-corrected chi connectivity index (χ4v) is 2.50. The van der Waals surface area contributed by atoms with Gasteiger partial charge >= 0.3 is 0 Å². The number of halogens is 2. The fourth-order valence-electron chi connectivity index (χ4n) is 2.50. The van der Waals surface area contributed by atoms with E-state index in [0.29, 0.717) is 19.4 Å². The summed E-state index contributed by atoms with van der Waals surface area (Å²) in [5, 5.41) is 0. The van der Waals surface area contributed by atoms with Crippen LogP contribution in [0.2, 0.25) is 0 Å². The van der Waals surface area contributed by atoms with Crippen LogP contribution < -0.4 is 5.73 Å². The van der Waals surface area contributed by atoms with Crippen molar-refractivity contribution in [1.82, 2.24) is 0 Å². The first kappa shape index (κ1) is 11.5. The predicted octanol–water partition coefficient (Wildman–Crippen LogP) is 3.09. The molecule has 1 aliphatic rings. The van der Waals surface area contributed by atoms with Crippen molar-refractivity contribution in [3.05, 3.63) is 35.9 Å². The van der Waals surface area contributed by atoms with Crippen molar-refractivity contribution in [1.29, 1.82) is 0 Å². The highest BCUT2D eigenvalue weighted by molar-refractivity contribution is 5.26. The number of hydrogen-bond acceptors (Lipinski definition) is 1. The zero-order chi connectivity index (χ0) is 11.6. The summed E-state index contributed by atoms with van der Waals surface area (Å²) in [5.41, 5.74) is 6.69. The van der Waals surface area contributed by atoms with E-state index in [1.165, 1.54) is 0 Å². The molecule has 0 amide bonds. The Morgan fingerprint density at radius 1 is 1.00 bits per heavy atom. The molecular weight excluding hydrogens is 208 g/mol. The molecule has 0 unspecified atom stereocenters. The molecule has 0 radical (unpaired) electrons. The Bertz CT molecular complexity index is 338. The monoisotopic (exact) mass is 225 g/mol. The third kappa shape index (κ3) is 2.09. The SMILES string of the molecule is NCC1(c2ccccc2)CCC(F)(F)CC1. The molecule has 1 saturated carbocycles. The maximum Gasteiger partial charge on any atom is 0.248 e. The summed E-state index contributed by atoms with van der Waals surface area (Å²) >= 11 is 0. The molecule has 0 aromatic heterocycles. The van der Waals surface area contributed by atoms with Crippen LogP contribution in [0.15, 0.2) is 30.3 Å². The molecule has 0 heterocycles. The summed E-state index contributed by atoms with van der Waals surface area (Å²) in [6.07, 6.45) is 0.888. The Morgan fingerprint density at radius 3 is 2.06 bits per heavy atom. The first-order chi connectivity index (χ1) is 7.58. The van der Waals surface area contributed by atoms with Crippen molar-refractivity contribution in [2.75, 3.05) is 6.54 Å². The smallest absolute Gasteiger partial charge is 0.248 e. The summed E-state index contributed by atoms with van der Waals surface area (Å²) < 4.78 is 26.3. The molecule has 88 valence electrons. The Hall–Kier alpha value is -0.960. The number of benzene rings is 1. The number of alkyl halides is 2. The third-order valence-corrected chi connectivity index (χ3v) is 3.72. The lowest BCUT2D eigenvalue weighted by molar-refractivity contribution is -0.0509. The van der Waals surface area contributed by atoms with Crippen LogP contribution in [0.25, 0.3) is 0 Å². The van der Waals surface area contributed by atoms with Gasteiger partial charge in [-0.3, -0.25) is 0 Å². The second-order valence-corrected chi connectivity index (χ2v) is 4.71. The molecule has 1 aromatic carbocycles. The van der Waals surface area contributed by atoms with Gasteiger partial charge in [-0.2, -0.15) is 0 Å². The molecule has 0 spiro atoms. The lowest BCUT2D eigenvalue weighted by atomic mass is 9.68. The van der Waals surface area contributed by atoms with Gasteiger partial charge in [0, 0.05) is 24.8 Å². The summed E-state index contributed by atoms with van der Waals surface area (Å²) in [6, 6.07) is 9.82. The van der Waals surface area contributed by atoms with E-state index < -0.39 is 5.92 Å². The Balaban J connectivity index is 2.23. The van der Waals surface area contributed by atoms with Crippen molar-refractivity contribution in [2.24, 2.45) is 5.73 Å². The van der Waals surface area contributed by atoms with Crippen LogP contribution in [-0.2, 0) is 5.41 Å². The van der Waals surface area contributed by atoms with E-state index in [4.69, 9.17) is 5.73 Å². The van der Waals surface area contributed by atoms with Gasteiger partial charge in [0.15, 0.2) is 0 Å². The van der Waals surface area contributed by atoms with Crippen molar-refractivity contribution >= 4 is 0 Å². The first-order valence-electron chi connectivity index (χ1n) is 5.71. The summed E-state index contributed by atoms with van der Waals surface area (Å²) in [6.45, 7) is 0.451. The quantitative estimate of drug-likeness (QED) is 0.822. The second kappa shape index (κ2) is 4.13. The number of rotatable bonds is 2. The minimum Gasteiger partial charge on any atom is -0.330 e. The predicted molar refractivity (Wildman–Crippen MR) is 60.6 cm³/mol. The minimum absolute atomic E-state index is 0.0426. The highest BCUT2D eigenvalue weighted by Crippen LogP contribution is 2.44. The molecule has 1 nitrogen and oxygen atoms in total. The Labute approximate surface area is 94.7 Å². The van der Waals surface area contributed by atoms with Crippen molar-refractivity contribution in [2.45, 2.75) is 37.0 Å². The van der Waals surface area contributed by atoms with Crippen molar-refractivity contribution in [3.8, 4) is 0 Å². The summed E-state index contributed by atoms with van der Waals surface area (Å²) in [7, 11) is 0. The first-order valence-corrected chi connectivity index (χ1v) is 5.71. The zero-order valence-electron chi connectivity index (χ0n) is 9.26. The van der Waals surface area contributed by atoms with Crippen LogP contribution >= 0.6 is 0 Å². The van der Waals surface area contributed by atoms with E-state index in [-0.39, 0.29) is 18.3 Å². The largest absolute Gasteiger partial charge is 0.330 e. The van der Waals surface area contributed by atoms with Crippen LogP contribution in [-0.4, -0.2) is 12.5 Å². The van der Waals surface area contributed by atoms with Crippen LogP contribution in [0.3, 0.4) is 0 Å². The molecule has 1 aromatic rings. The maximum absolute atomic E-state index is 13.2. The average Bonchev–Trinajstić information content (AvgIpc) is 2.31. The van der Waals surface area contributed by atoms with Crippen LogP contribution in [0.1, 0.15) is 31.2 Å². The molecule has 2 rings (SSSR count). The topological polar surface area (TPSA) is 26.0 Å². The normalized spacial score (nSPS) is 22.9. The molecule has 3 heteroatoms. The van der Waals surface area contributed by atoms with Crippen LogP contribution in [0.4, 0.5) is 8.78 Å². The van der Waals surface area contributed by atoms with E-state index in [2.05, 4.69) is 0 Å². The number of nitrogens with two attached hydrogens (primary N) is 1. The van der Waals surface area contributed by atoms with Gasteiger partial charge in [0.1, 0.15) is 0 Å².